The first-order chi connectivity index (χ1) is 13.7. The van der Waals surface area contributed by atoms with Crippen molar-refractivity contribution in [3.05, 3.63) is 89.4 Å². The van der Waals surface area contributed by atoms with Crippen molar-refractivity contribution in [3.63, 3.8) is 0 Å². The van der Waals surface area contributed by atoms with E-state index >= 15 is 0 Å². The van der Waals surface area contributed by atoms with Crippen molar-refractivity contribution in [2.75, 3.05) is 20.2 Å². The molecule has 2 heterocycles. The zero-order valence-corrected chi connectivity index (χ0v) is 15.9. The number of methoxy groups -OCH3 is 1. The van der Waals surface area contributed by atoms with Gasteiger partial charge in [0.1, 0.15) is 11.5 Å². The summed E-state index contributed by atoms with van der Waals surface area (Å²) in [5.41, 5.74) is 3.36. The first-order valence-corrected chi connectivity index (χ1v) is 9.51. The third kappa shape index (κ3) is 3.94. The standard InChI is InChI=1S/C23H24N2O3/c1-27-20-10-8-18(9-11-20)23(26)24-15-21(22-7-4-14-28-22)25-13-12-17-5-2-3-6-19(17)16-25/h2-11,14,21H,12-13,15-16H2,1H3,(H,24,26)/t21-/m0/s1. The van der Waals surface area contributed by atoms with E-state index in [2.05, 4.69) is 34.5 Å². The van der Waals surface area contributed by atoms with Crippen molar-refractivity contribution < 1.29 is 13.9 Å². The average Bonchev–Trinajstić information content (AvgIpc) is 3.28. The summed E-state index contributed by atoms with van der Waals surface area (Å²) in [5, 5.41) is 3.06. The topological polar surface area (TPSA) is 54.7 Å². The average molecular weight is 376 g/mol. The normalized spacial score (nSPS) is 14.9. The van der Waals surface area contributed by atoms with Gasteiger partial charge in [-0.25, -0.2) is 0 Å². The second-order valence-corrected chi connectivity index (χ2v) is 6.96. The Labute approximate surface area is 164 Å². The van der Waals surface area contributed by atoms with Crippen molar-refractivity contribution in [1.82, 2.24) is 10.2 Å². The molecule has 1 aliphatic heterocycles. The van der Waals surface area contributed by atoms with Gasteiger partial charge in [-0.2, -0.15) is 0 Å². The summed E-state index contributed by atoms with van der Waals surface area (Å²) >= 11 is 0. The molecule has 4 rings (SSSR count). The molecule has 0 saturated heterocycles. The highest BCUT2D eigenvalue weighted by Gasteiger charge is 2.27. The molecular formula is C23H24N2O3. The molecule has 5 nitrogen and oxygen atoms in total. The molecule has 0 spiro atoms. The minimum absolute atomic E-state index is 0.00875. The van der Waals surface area contributed by atoms with Gasteiger partial charge in [0.25, 0.3) is 5.91 Å². The highest BCUT2D eigenvalue weighted by molar-refractivity contribution is 5.94. The predicted molar refractivity (Wildman–Crippen MR) is 107 cm³/mol. The van der Waals surface area contributed by atoms with Crippen LogP contribution in [0.15, 0.2) is 71.3 Å². The molecule has 1 aromatic heterocycles. The molecule has 1 amide bonds. The molecule has 5 heteroatoms. The van der Waals surface area contributed by atoms with Gasteiger partial charge in [-0.1, -0.05) is 24.3 Å². The first-order valence-electron chi connectivity index (χ1n) is 9.51. The fourth-order valence-corrected chi connectivity index (χ4v) is 3.71. The highest BCUT2D eigenvalue weighted by atomic mass is 16.5. The second kappa shape index (κ2) is 8.31. The summed E-state index contributed by atoms with van der Waals surface area (Å²) in [4.78, 5) is 15.0. The Morgan fingerprint density at radius 1 is 1.11 bits per heavy atom. The second-order valence-electron chi connectivity index (χ2n) is 6.96. The van der Waals surface area contributed by atoms with E-state index in [0.29, 0.717) is 12.1 Å². The smallest absolute Gasteiger partial charge is 0.251 e. The molecule has 0 fully saturated rings. The van der Waals surface area contributed by atoms with Gasteiger partial charge >= 0.3 is 0 Å². The molecular weight excluding hydrogens is 352 g/mol. The zero-order valence-electron chi connectivity index (χ0n) is 15.9. The molecule has 0 unspecified atom stereocenters. The summed E-state index contributed by atoms with van der Waals surface area (Å²) in [6.45, 7) is 2.27. The van der Waals surface area contributed by atoms with Gasteiger partial charge in [-0.15, -0.1) is 0 Å². The number of amides is 1. The Hall–Kier alpha value is -3.05. The number of ether oxygens (including phenoxy) is 1. The third-order valence-electron chi connectivity index (χ3n) is 5.28. The summed E-state index contributed by atoms with van der Waals surface area (Å²) in [6, 6.07) is 19.5. The molecule has 0 bridgehead atoms. The van der Waals surface area contributed by atoms with E-state index in [0.717, 1.165) is 31.0 Å². The lowest BCUT2D eigenvalue weighted by Crippen LogP contribution is -2.40. The van der Waals surface area contributed by atoms with Crippen LogP contribution >= 0.6 is 0 Å². The maximum atomic E-state index is 12.6. The van der Waals surface area contributed by atoms with Crippen molar-refractivity contribution in [3.8, 4) is 5.75 Å². The molecule has 144 valence electrons. The van der Waals surface area contributed by atoms with Crippen LogP contribution in [-0.4, -0.2) is 31.0 Å². The number of furan rings is 1. The molecule has 0 aliphatic carbocycles. The van der Waals surface area contributed by atoms with Crippen molar-refractivity contribution in [2.24, 2.45) is 0 Å². The Balaban J connectivity index is 1.47. The van der Waals surface area contributed by atoms with E-state index in [1.54, 1.807) is 37.6 Å². The van der Waals surface area contributed by atoms with E-state index in [9.17, 15) is 4.79 Å². The van der Waals surface area contributed by atoms with Crippen molar-refractivity contribution in [1.29, 1.82) is 0 Å². The van der Waals surface area contributed by atoms with Crippen molar-refractivity contribution in [2.45, 2.75) is 19.0 Å². The van der Waals surface area contributed by atoms with E-state index in [-0.39, 0.29) is 11.9 Å². The third-order valence-corrected chi connectivity index (χ3v) is 5.28. The number of benzene rings is 2. The number of fused-ring (bicyclic) bond motifs is 1. The number of hydrogen-bond acceptors (Lipinski definition) is 4. The van der Waals surface area contributed by atoms with Crippen LogP contribution in [-0.2, 0) is 13.0 Å². The van der Waals surface area contributed by atoms with Crippen LogP contribution in [0.4, 0.5) is 0 Å². The molecule has 1 atom stereocenters. The Morgan fingerprint density at radius 3 is 2.61 bits per heavy atom. The summed E-state index contributed by atoms with van der Waals surface area (Å²) < 4.78 is 10.8. The van der Waals surface area contributed by atoms with Gasteiger partial charge in [-0.05, 0) is 53.9 Å². The van der Waals surface area contributed by atoms with Crippen molar-refractivity contribution >= 4 is 5.91 Å². The summed E-state index contributed by atoms with van der Waals surface area (Å²) in [7, 11) is 1.61. The lowest BCUT2D eigenvalue weighted by atomic mass is 9.98. The fraction of sp³-hybridized carbons (Fsp3) is 0.261. The van der Waals surface area contributed by atoms with Crippen LogP contribution in [0.5, 0.6) is 5.75 Å². The van der Waals surface area contributed by atoms with Crippen LogP contribution in [0.1, 0.15) is 33.3 Å². The molecule has 0 radical (unpaired) electrons. The number of nitrogens with one attached hydrogen (secondary N) is 1. The van der Waals surface area contributed by atoms with Gasteiger partial charge in [0.05, 0.1) is 19.4 Å². The molecule has 0 saturated carbocycles. The number of nitrogens with zero attached hydrogens (tertiary/aromatic N) is 1. The number of rotatable bonds is 6. The Morgan fingerprint density at radius 2 is 1.89 bits per heavy atom. The van der Waals surface area contributed by atoms with Crippen LogP contribution in [0.3, 0.4) is 0 Å². The summed E-state index contributed by atoms with van der Waals surface area (Å²) in [6.07, 6.45) is 2.69. The summed E-state index contributed by atoms with van der Waals surface area (Å²) in [5.74, 6) is 1.50. The zero-order chi connectivity index (χ0) is 19.3. The number of carbonyl (C=O) groups excluding carboxylic acids is 1. The molecule has 1 N–H and O–H groups in total. The van der Waals surface area contributed by atoms with Crippen LogP contribution < -0.4 is 10.1 Å². The quantitative estimate of drug-likeness (QED) is 0.711. The SMILES string of the molecule is COc1ccc(C(=O)NC[C@@H](c2ccco2)N2CCc3ccccc3C2)cc1. The number of hydrogen-bond donors (Lipinski definition) is 1. The molecule has 28 heavy (non-hydrogen) atoms. The molecule has 1 aliphatic rings. The monoisotopic (exact) mass is 376 g/mol. The van der Waals surface area contributed by atoms with Gasteiger partial charge in [0.15, 0.2) is 0 Å². The van der Waals surface area contributed by atoms with Gasteiger partial charge in [0.2, 0.25) is 0 Å². The van der Waals surface area contributed by atoms with Gasteiger partial charge in [-0.3, -0.25) is 9.69 Å². The Bertz CT molecular complexity index is 919. The van der Waals surface area contributed by atoms with Crippen LogP contribution in [0.25, 0.3) is 0 Å². The van der Waals surface area contributed by atoms with E-state index in [1.165, 1.54) is 11.1 Å². The molecule has 3 aromatic rings. The van der Waals surface area contributed by atoms with E-state index < -0.39 is 0 Å². The van der Waals surface area contributed by atoms with Gasteiger partial charge in [0, 0.05) is 25.2 Å². The number of carbonyl (C=O) groups is 1. The maximum absolute atomic E-state index is 12.6. The van der Waals surface area contributed by atoms with Crippen LogP contribution in [0, 0.1) is 0 Å². The Kier molecular flexibility index (Phi) is 5.44. The first kappa shape index (κ1) is 18.3. The fourth-order valence-electron chi connectivity index (χ4n) is 3.71. The predicted octanol–water partition coefficient (Wildman–Crippen LogP) is 3.82. The van der Waals surface area contributed by atoms with E-state index in [4.69, 9.17) is 9.15 Å². The molecule has 2 aromatic carbocycles. The minimum atomic E-state index is -0.100. The minimum Gasteiger partial charge on any atom is -0.497 e. The van der Waals surface area contributed by atoms with Crippen LogP contribution in [0.2, 0.25) is 0 Å². The van der Waals surface area contributed by atoms with E-state index in [1.807, 2.05) is 12.1 Å². The lowest BCUT2D eigenvalue weighted by molar-refractivity contribution is 0.0919. The maximum Gasteiger partial charge on any atom is 0.251 e. The largest absolute Gasteiger partial charge is 0.497 e. The highest BCUT2D eigenvalue weighted by Crippen LogP contribution is 2.28. The van der Waals surface area contributed by atoms with Gasteiger partial charge < -0.3 is 14.5 Å². The lowest BCUT2D eigenvalue weighted by Gasteiger charge is -2.34.